The van der Waals surface area contributed by atoms with Gasteiger partial charge in [-0.3, -0.25) is 0 Å². The van der Waals surface area contributed by atoms with Crippen molar-refractivity contribution in [3.63, 3.8) is 0 Å². The van der Waals surface area contributed by atoms with Crippen LogP contribution in [0.25, 0.3) is 4.61 Å². The molecule has 0 atom stereocenters. The minimum Gasteiger partial charge on any atom is -0.233 e. The summed E-state index contributed by atoms with van der Waals surface area (Å²) >= 11 is 6.45. The van der Waals surface area contributed by atoms with Gasteiger partial charge in [-0.05, 0) is 22.0 Å². The summed E-state index contributed by atoms with van der Waals surface area (Å²) < 4.78 is 2.59. The Balaban J connectivity index is 2.90. The summed E-state index contributed by atoms with van der Waals surface area (Å²) in [5, 5.41) is 3.96. The molecule has 1 aromatic heterocycles. The molecule has 48 valence electrons. The zero-order chi connectivity index (χ0) is 6.69. The van der Waals surface area contributed by atoms with Gasteiger partial charge in [-0.1, -0.05) is 15.9 Å². The topological polar surface area (TPSA) is 17.8 Å². The molecule has 0 fully saturated rings. The highest BCUT2D eigenvalue weighted by molar-refractivity contribution is 9.16. The van der Waals surface area contributed by atoms with Crippen molar-refractivity contribution < 1.29 is 0 Å². The highest BCUT2D eigenvalue weighted by Crippen LogP contribution is 2.12. The van der Waals surface area contributed by atoms with E-state index in [1.165, 1.54) is 0 Å². The van der Waals surface area contributed by atoms with Crippen LogP contribution in [0.15, 0.2) is 23.4 Å². The van der Waals surface area contributed by atoms with E-state index < -0.39 is 0 Å². The summed E-state index contributed by atoms with van der Waals surface area (Å²) in [5.41, 5.74) is 0. The smallest absolute Gasteiger partial charge is 0.114 e. The number of halogens is 2. The Hall–Kier alpha value is -0.0900. The molecule has 1 aromatic rings. The van der Waals surface area contributed by atoms with E-state index in [1.54, 1.807) is 15.9 Å². The van der Waals surface area contributed by atoms with Crippen LogP contribution in [0.5, 0.6) is 0 Å². The number of hydrogen-bond donors (Lipinski definition) is 0. The fourth-order valence-corrected chi connectivity index (χ4v) is 0.865. The maximum Gasteiger partial charge on any atom is 0.114 e. The quantitative estimate of drug-likeness (QED) is 0.750. The molecule has 9 heavy (non-hydrogen) atoms. The van der Waals surface area contributed by atoms with Crippen LogP contribution in [0.1, 0.15) is 0 Å². The first kappa shape index (κ1) is 7.02. The van der Waals surface area contributed by atoms with Crippen LogP contribution < -0.4 is 0 Å². The molecule has 1 rings (SSSR count). The van der Waals surface area contributed by atoms with Crippen molar-refractivity contribution in [1.82, 2.24) is 9.78 Å². The average Bonchev–Trinajstić information content (AvgIpc) is 2.37. The molecule has 0 unspecified atom stereocenters. The van der Waals surface area contributed by atoms with Gasteiger partial charge in [0, 0.05) is 17.4 Å². The lowest BCUT2D eigenvalue weighted by Crippen LogP contribution is -1.88. The molecule has 0 bridgehead atoms. The minimum absolute atomic E-state index is 0.882. The Bertz CT molecular complexity index is 203. The van der Waals surface area contributed by atoms with Gasteiger partial charge in [0.25, 0.3) is 0 Å². The maximum atomic E-state index is 3.96. The predicted molar refractivity (Wildman–Crippen MR) is 44.4 cm³/mol. The van der Waals surface area contributed by atoms with Gasteiger partial charge in [0.15, 0.2) is 0 Å². The first-order valence-electron chi connectivity index (χ1n) is 2.30. The third-order valence-electron chi connectivity index (χ3n) is 0.813. The van der Waals surface area contributed by atoms with Crippen LogP contribution in [-0.4, -0.2) is 9.78 Å². The third kappa shape index (κ3) is 1.66. The van der Waals surface area contributed by atoms with E-state index in [1.807, 2.05) is 12.3 Å². The molecule has 0 radical (unpaired) electrons. The fraction of sp³-hybridized carbons (Fsp3) is 0. The van der Waals surface area contributed by atoms with Gasteiger partial charge >= 0.3 is 0 Å². The Kier molecular flexibility index (Phi) is 2.48. The predicted octanol–water partition coefficient (Wildman–Crippen LogP) is 2.43. The lowest BCUT2D eigenvalue weighted by atomic mass is 10.7. The molecule has 0 saturated carbocycles. The molecule has 0 aromatic carbocycles. The normalized spacial score (nSPS) is 12.0. The lowest BCUT2D eigenvalue weighted by Gasteiger charge is -1.93. The second-order valence-corrected chi connectivity index (χ2v) is 2.65. The van der Waals surface area contributed by atoms with Crippen molar-refractivity contribution >= 4 is 36.5 Å². The summed E-state index contributed by atoms with van der Waals surface area (Å²) in [4.78, 5) is 1.75. The molecule has 0 aliphatic heterocycles. The molecule has 1 heterocycles. The molecular weight excluding hydrogens is 248 g/mol. The van der Waals surface area contributed by atoms with E-state index in [2.05, 4.69) is 37.0 Å². The Morgan fingerprint density at radius 3 is 2.89 bits per heavy atom. The van der Waals surface area contributed by atoms with E-state index >= 15 is 0 Å². The van der Waals surface area contributed by atoms with Crippen molar-refractivity contribution in [3.05, 3.63) is 23.4 Å². The van der Waals surface area contributed by atoms with Crippen LogP contribution in [0, 0.1) is 0 Å². The third-order valence-corrected chi connectivity index (χ3v) is 2.45. The summed E-state index contributed by atoms with van der Waals surface area (Å²) in [6.07, 6.45) is 3.57. The summed E-state index contributed by atoms with van der Waals surface area (Å²) in [6.45, 7) is 0. The molecule has 0 saturated heterocycles. The molecule has 0 amide bonds. The Morgan fingerprint density at radius 2 is 2.44 bits per heavy atom. The van der Waals surface area contributed by atoms with Crippen LogP contribution in [-0.2, 0) is 0 Å². The highest BCUT2D eigenvalue weighted by Gasteiger charge is 1.90. The van der Waals surface area contributed by atoms with Gasteiger partial charge in [0.05, 0.1) is 0 Å². The summed E-state index contributed by atoms with van der Waals surface area (Å²) in [5.74, 6) is 0. The number of hydrogen-bond acceptors (Lipinski definition) is 1. The summed E-state index contributed by atoms with van der Waals surface area (Å²) in [6, 6.07) is 1.86. The monoisotopic (exact) mass is 250 g/mol. The first-order valence-corrected chi connectivity index (χ1v) is 4.01. The van der Waals surface area contributed by atoms with E-state index in [-0.39, 0.29) is 0 Å². The van der Waals surface area contributed by atoms with Gasteiger partial charge in [-0.2, -0.15) is 5.10 Å². The van der Waals surface area contributed by atoms with E-state index in [0.29, 0.717) is 0 Å². The van der Waals surface area contributed by atoms with Crippen molar-refractivity contribution in [2.45, 2.75) is 0 Å². The van der Waals surface area contributed by atoms with Crippen molar-refractivity contribution in [3.8, 4) is 0 Å². The Labute approximate surface area is 69.8 Å². The van der Waals surface area contributed by atoms with Gasteiger partial charge in [-0.25, -0.2) is 4.68 Å². The van der Waals surface area contributed by atoms with Crippen molar-refractivity contribution in [1.29, 1.82) is 0 Å². The standard InChI is InChI=1S/C5H4Br2N2/c6-4-5(7)9-3-1-2-8-9/h1-4H/b5-4+. The molecule has 0 aliphatic rings. The van der Waals surface area contributed by atoms with E-state index in [4.69, 9.17) is 0 Å². The number of rotatable bonds is 1. The van der Waals surface area contributed by atoms with Gasteiger partial charge < -0.3 is 0 Å². The number of nitrogens with zero attached hydrogens (tertiary/aromatic N) is 2. The van der Waals surface area contributed by atoms with Gasteiger partial charge in [0.1, 0.15) is 4.61 Å². The van der Waals surface area contributed by atoms with E-state index in [0.717, 1.165) is 4.61 Å². The van der Waals surface area contributed by atoms with Gasteiger partial charge in [-0.15, -0.1) is 0 Å². The Morgan fingerprint density at radius 1 is 1.67 bits per heavy atom. The molecular formula is C5H4Br2N2. The largest absolute Gasteiger partial charge is 0.233 e. The second kappa shape index (κ2) is 3.17. The van der Waals surface area contributed by atoms with Crippen molar-refractivity contribution in [2.75, 3.05) is 0 Å². The minimum atomic E-state index is 0.882. The van der Waals surface area contributed by atoms with Crippen LogP contribution in [0.4, 0.5) is 0 Å². The second-order valence-electron chi connectivity index (χ2n) is 1.38. The maximum absolute atomic E-state index is 3.96. The highest BCUT2D eigenvalue weighted by atomic mass is 79.9. The van der Waals surface area contributed by atoms with Crippen LogP contribution >= 0.6 is 31.9 Å². The average molecular weight is 252 g/mol. The zero-order valence-corrected chi connectivity index (χ0v) is 7.63. The number of aromatic nitrogens is 2. The van der Waals surface area contributed by atoms with Gasteiger partial charge in [0.2, 0.25) is 0 Å². The molecule has 0 aliphatic carbocycles. The fourth-order valence-electron chi connectivity index (χ4n) is 0.445. The van der Waals surface area contributed by atoms with Crippen LogP contribution in [0.3, 0.4) is 0 Å². The summed E-state index contributed by atoms with van der Waals surface area (Å²) in [7, 11) is 0. The molecule has 2 nitrogen and oxygen atoms in total. The SMILES string of the molecule is Br/C=C(\Br)n1cccn1. The first-order chi connectivity index (χ1) is 4.34. The van der Waals surface area contributed by atoms with Crippen molar-refractivity contribution in [2.24, 2.45) is 0 Å². The molecule has 0 N–H and O–H groups in total. The molecule has 0 spiro atoms. The molecule has 4 heteroatoms. The zero-order valence-electron chi connectivity index (χ0n) is 4.46. The van der Waals surface area contributed by atoms with Crippen LogP contribution in [0.2, 0.25) is 0 Å². The lowest BCUT2D eigenvalue weighted by molar-refractivity contribution is 0.930. The van der Waals surface area contributed by atoms with E-state index in [9.17, 15) is 0 Å².